The number of nitrogens with one attached hydrogen (secondary N) is 2. The number of aromatic nitrogens is 1. The summed E-state index contributed by atoms with van der Waals surface area (Å²) in [6.07, 6.45) is 3.96. The number of carbonyl (C=O) groups excluding carboxylic acids is 4. The lowest BCUT2D eigenvalue weighted by atomic mass is 10.0. The number of benzene rings is 2. The molecule has 10 heteroatoms. The Kier molecular flexibility index (Phi) is 8.61. The number of halogens is 1. The van der Waals surface area contributed by atoms with Gasteiger partial charge in [-0.1, -0.05) is 38.1 Å². The summed E-state index contributed by atoms with van der Waals surface area (Å²) < 4.78 is 16.7. The molecular formula is C32H38FN5O4. The number of para-hydroxylation sites is 1. The van der Waals surface area contributed by atoms with E-state index in [1.165, 1.54) is 15.9 Å². The van der Waals surface area contributed by atoms with Crippen molar-refractivity contribution in [2.24, 2.45) is 13.0 Å². The van der Waals surface area contributed by atoms with Crippen molar-refractivity contribution in [2.45, 2.75) is 51.6 Å². The molecule has 2 atom stereocenters. The maximum atomic E-state index is 14.8. The van der Waals surface area contributed by atoms with Crippen LogP contribution in [0.5, 0.6) is 0 Å². The molecule has 1 aromatic heterocycles. The molecule has 0 spiro atoms. The summed E-state index contributed by atoms with van der Waals surface area (Å²) in [6.45, 7) is 4.52. The SMILES string of the molecule is CC(C)[C@@H]1CN(C(=O)c2cn(C)c3ccccc23)CC(=O)NCCCc2ccc(F)c(c2)C(=O)N2CCC[C@H]2C(=O)N1. The summed E-state index contributed by atoms with van der Waals surface area (Å²) in [5, 5.41) is 6.74. The highest BCUT2D eigenvalue weighted by Crippen LogP contribution is 2.25. The highest BCUT2D eigenvalue weighted by molar-refractivity contribution is 6.08. The molecule has 5 rings (SSSR count). The van der Waals surface area contributed by atoms with E-state index in [1.54, 1.807) is 18.3 Å². The second-order valence-corrected chi connectivity index (χ2v) is 11.6. The Morgan fingerprint density at radius 1 is 1.07 bits per heavy atom. The molecule has 0 radical (unpaired) electrons. The first-order valence-electron chi connectivity index (χ1n) is 14.6. The fourth-order valence-corrected chi connectivity index (χ4v) is 5.92. The van der Waals surface area contributed by atoms with E-state index >= 15 is 0 Å². The number of nitrogens with zero attached hydrogens (tertiary/aromatic N) is 3. The third kappa shape index (κ3) is 6.03. The molecule has 2 aromatic carbocycles. The molecule has 0 unspecified atom stereocenters. The van der Waals surface area contributed by atoms with E-state index in [1.807, 2.05) is 49.7 Å². The summed E-state index contributed by atoms with van der Waals surface area (Å²) in [5.74, 6) is -2.16. The molecule has 2 N–H and O–H groups in total. The van der Waals surface area contributed by atoms with Gasteiger partial charge in [-0.2, -0.15) is 0 Å². The van der Waals surface area contributed by atoms with Crippen LogP contribution < -0.4 is 10.6 Å². The molecule has 9 nitrogen and oxygen atoms in total. The van der Waals surface area contributed by atoms with Crippen molar-refractivity contribution in [1.82, 2.24) is 25.0 Å². The Morgan fingerprint density at radius 3 is 2.64 bits per heavy atom. The third-order valence-corrected chi connectivity index (χ3v) is 8.34. The lowest BCUT2D eigenvalue weighted by molar-refractivity contribution is -0.126. The standard InChI is InChI=1S/C32H38FN5O4/c1-20(2)26-18-37(31(41)24-17-36(3)27-10-5-4-9-22(24)27)19-29(39)34-14-6-8-21-12-13-25(33)23(16-21)32(42)38-15-7-11-28(38)30(40)35-26/h4-5,9-10,12-13,16-17,20,26,28H,6-8,11,14-15,18-19H2,1-3H3,(H,34,39)(H,35,40)/t26-,28-/m0/s1. The molecule has 42 heavy (non-hydrogen) atoms. The number of hydrogen-bond donors (Lipinski definition) is 2. The number of aryl methyl sites for hydroxylation is 2. The normalized spacial score (nSPS) is 20.8. The van der Waals surface area contributed by atoms with Gasteiger partial charge in [0.2, 0.25) is 11.8 Å². The molecule has 0 aliphatic carbocycles. The van der Waals surface area contributed by atoms with Crippen molar-refractivity contribution in [1.29, 1.82) is 0 Å². The zero-order chi connectivity index (χ0) is 30.0. The summed E-state index contributed by atoms with van der Waals surface area (Å²) in [4.78, 5) is 57.1. The molecule has 1 saturated heterocycles. The Labute approximate surface area is 245 Å². The van der Waals surface area contributed by atoms with E-state index in [4.69, 9.17) is 0 Å². The molecule has 4 amide bonds. The topological polar surface area (TPSA) is 104 Å². The minimum absolute atomic E-state index is 0.0483. The molecular weight excluding hydrogens is 537 g/mol. The van der Waals surface area contributed by atoms with Gasteiger partial charge in [-0.05, 0) is 55.4 Å². The van der Waals surface area contributed by atoms with E-state index in [0.29, 0.717) is 44.3 Å². The first-order valence-corrected chi connectivity index (χ1v) is 14.6. The first kappa shape index (κ1) is 29.3. The molecule has 0 saturated carbocycles. The fraction of sp³-hybridized carbons (Fsp3) is 0.438. The molecule has 222 valence electrons. The zero-order valence-corrected chi connectivity index (χ0v) is 24.4. The predicted molar refractivity (Wildman–Crippen MR) is 157 cm³/mol. The van der Waals surface area contributed by atoms with E-state index in [2.05, 4.69) is 10.6 Å². The van der Waals surface area contributed by atoms with Crippen LogP contribution >= 0.6 is 0 Å². The molecule has 2 aliphatic rings. The molecule has 3 aromatic rings. The summed E-state index contributed by atoms with van der Waals surface area (Å²) in [5.41, 5.74) is 2.10. The average molecular weight is 576 g/mol. The lowest BCUT2D eigenvalue weighted by Gasteiger charge is -2.32. The van der Waals surface area contributed by atoms with E-state index in [9.17, 15) is 23.6 Å². The van der Waals surface area contributed by atoms with Crippen LogP contribution in [0, 0.1) is 11.7 Å². The van der Waals surface area contributed by atoms with Crippen LogP contribution in [-0.4, -0.2) is 76.3 Å². The molecule has 2 aliphatic heterocycles. The van der Waals surface area contributed by atoms with Gasteiger partial charge in [-0.3, -0.25) is 19.2 Å². The van der Waals surface area contributed by atoms with Crippen LogP contribution in [0.2, 0.25) is 0 Å². The van der Waals surface area contributed by atoms with Crippen molar-refractivity contribution >= 4 is 34.5 Å². The number of fused-ring (bicyclic) bond motifs is 4. The van der Waals surface area contributed by atoms with Crippen molar-refractivity contribution in [2.75, 3.05) is 26.2 Å². The Balaban J connectivity index is 1.47. The quantitative estimate of drug-likeness (QED) is 0.490. The van der Waals surface area contributed by atoms with Crippen LogP contribution in [0.1, 0.15) is 59.4 Å². The second kappa shape index (κ2) is 12.3. The van der Waals surface area contributed by atoms with Crippen LogP contribution in [0.25, 0.3) is 10.9 Å². The zero-order valence-electron chi connectivity index (χ0n) is 24.4. The first-order chi connectivity index (χ1) is 20.1. The third-order valence-electron chi connectivity index (χ3n) is 8.34. The highest BCUT2D eigenvalue weighted by atomic mass is 19.1. The van der Waals surface area contributed by atoms with Crippen LogP contribution in [-0.2, 0) is 23.1 Å². The maximum Gasteiger partial charge on any atom is 0.257 e. The van der Waals surface area contributed by atoms with Gasteiger partial charge in [0, 0.05) is 49.8 Å². The van der Waals surface area contributed by atoms with Gasteiger partial charge in [0.25, 0.3) is 11.8 Å². The van der Waals surface area contributed by atoms with Gasteiger partial charge in [-0.15, -0.1) is 0 Å². The van der Waals surface area contributed by atoms with Crippen molar-refractivity contribution < 1.29 is 23.6 Å². The van der Waals surface area contributed by atoms with E-state index in [0.717, 1.165) is 16.5 Å². The predicted octanol–water partition coefficient (Wildman–Crippen LogP) is 3.27. The van der Waals surface area contributed by atoms with Gasteiger partial charge >= 0.3 is 0 Å². The van der Waals surface area contributed by atoms with Gasteiger partial charge in [-0.25, -0.2) is 4.39 Å². The monoisotopic (exact) mass is 575 g/mol. The maximum absolute atomic E-state index is 14.8. The minimum Gasteiger partial charge on any atom is -0.355 e. The van der Waals surface area contributed by atoms with Gasteiger partial charge in [0.1, 0.15) is 11.9 Å². The summed E-state index contributed by atoms with van der Waals surface area (Å²) in [7, 11) is 1.87. The smallest absolute Gasteiger partial charge is 0.257 e. The van der Waals surface area contributed by atoms with Crippen LogP contribution in [0.15, 0.2) is 48.7 Å². The van der Waals surface area contributed by atoms with Gasteiger partial charge in [0.05, 0.1) is 17.7 Å². The van der Waals surface area contributed by atoms with Gasteiger partial charge in [0.15, 0.2) is 0 Å². The van der Waals surface area contributed by atoms with Crippen LogP contribution in [0.4, 0.5) is 4.39 Å². The summed E-state index contributed by atoms with van der Waals surface area (Å²) >= 11 is 0. The second-order valence-electron chi connectivity index (χ2n) is 11.6. The average Bonchev–Trinajstić information content (AvgIpc) is 3.59. The number of rotatable bonds is 2. The number of amides is 4. The molecule has 3 heterocycles. The number of carbonyl (C=O) groups is 4. The summed E-state index contributed by atoms with van der Waals surface area (Å²) in [6, 6.07) is 10.8. The largest absolute Gasteiger partial charge is 0.355 e. The highest BCUT2D eigenvalue weighted by Gasteiger charge is 2.37. The van der Waals surface area contributed by atoms with Crippen molar-refractivity contribution in [3.05, 3.63) is 71.2 Å². The Morgan fingerprint density at radius 2 is 1.86 bits per heavy atom. The fourth-order valence-electron chi connectivity index (χ4n) is 5.92. The van der Waals surface area contributed by atoms with Gasteiger partial charge < -0.3 is 25.0 Å². The van der Waals surface area contributed by atoms with Crippen LogP contribution in [0.3, 0.4) is 0 Å². The molecule has 1 fully saturated rings. The van der Waals surface area contributed by atoms with E-state index < -0.39 is 23.8 Å². The Bertz CT molecular complexity index is 1520. The van der Waals surface area contributed by atoms with Crippen molar-refractivity contribution in [3.63, 3.8) is 0 Å². The van der Waals surface area contributed by atoms with Crippen molar-refractivity contribution in [3.8, 4) is 0 Å². The molecule has 2 bridgehead atoms. The number of hydrogen-bond acceptors (Lipinski definition) is 4. The Hall–Kier alpha value is -4.21. The van der Waals surface area contributed by atoms with E-state index in [-0.39, 0.29) is 42.3 Å². The lowest BCUT2D eigenvalue weighted by Crippen LogP contribution is -2.54. The minimum atomic E-state index is -0.747.